The van der Waals surface area contributed by atoms with Gasteiger partial charge in [-0.1, -0.05) is 18.8 Å². The summed E-state index contributed by atoms with van der Waals surface area (Å²) in [5, 5.41) is 11.8. The van der Waals surface area contributed by atoms with E-state index in [9.17, 15) is 4.79 Å². The first kappa shape index (κ1) is 15.0. The van der Waals surface area contributed by atoms with Gasteiger partial charge in [0.1, 0.15) is 6.61 Å². The van der Waals surface area contributed by atoms with Crippen LogP contribution in [0.3, 0.4) is 0 Å². The summed E-state index contributed by atoms with van der Waals surface area (Å²) in [7, 11) is 2.11. The lowest BCUT2D eigenvalue weighted by Gasteiger charge is -2.35. The van der Waals surface area contributed by atoms with Crippen LogP contribution >= 0.6 is 11.3 Å². The van der Waals surface area contributed by atoms with Crippen LogP contribution in [0.2, 0.25) is 0 Å². The van der Waals surface area contributed by atoms with Crippen molar-refractivity contribution in [2.75, 3.05) is 26.7 Å². The van der Waals surface area contributed by atoms with Crippen molar-refractivity contribution in [3.05, 3.63) is 21.9 Å². The van der Waals surface area contributed by atoms with E-state index in [4.69, 9.17) is 5.11 Å². The Hall–Kier alpha value is -1.35. The fourth-order valence-electron chi connectivity index (χ4n) is 2.46. The highest BCUT2D eigenvalue weighted by molar-refractivity contribution is 7.14. The Morgan fingerprint density at radius 3 is 3.10 bits per heavy atom. The van der Waals surface area contributed by atoms with Crippen molar-refractivity contribution in [3.63, 3.8) is 0 Å². The molecule has 1 amide bonds. The van der Waals surface area contributed by atoms with Crippen LogP contribution in [0.25, 0.3) is 0 Å². The first-order chi connectivity index (χ1) is 9.60. The molecule has 2 unspecified atom stereocenters. The molecule has 1 aliphatic rings. The van der Waals surface area contributed by atoms with Crippen molar-refractivity contribution >= 4 is 17.2 Å². The highest BCUT2D eigenvalue weighted by Gasteiger charge is 2.26. The molecule has 20 heavy (non-hydrogen) atoms. The smallest absolute Gasteiger partial charge is 0.261 e. The number of likely N-dealkylation sites (tertiary alicyclic amines) is 1. The summed E-state index contributed by atoms with van der Waals surface area (Å²) in [6.45, 7) is 4.05. The first-order valence-corrected chi connectivity index (χ1v) is 7.60. The average Bonchev–Trinajstić information content (AvgIpc) is 2.88. The molecule has 0 spiro atoms. The fraction of sp³-hybridized carbons (Fsp3) is 0.533. The number of amides is 1. The predicted molar refractivity (Wildman–Crippen MR) is 80.8 cm³/mol. The summed E-state index contributed by atoms with van der Waals surface area (Å²) in [5.41, 5.74) is 0. The van der Waals surface area contributed by atoms with Gasteiger partial charge in [-0.3, -0.25) is 4.79 Å². The van der Waals surface area contributed by atoms with Crippen molar-refractivity contribution in [1.82, 2.24) is 10.2 Å². The monoisotopic (exact) mass is 292 g/mol. The largest absolute Gasteiger partial charge is 0.384 e. The van der Waals surface area contributed by atoms with Gasteiger partial charge in [-0.05, 0) is 38.1 Å². The van der Waals surface area contributed by atoms with Gasteiger partial charge in [-0.25, -0.2) is 0 Å². The molecule has 1 aliphatic heterocycles. The number of nitrogens with zero attached hydrogens (tertiary/aromatic N) is 1. The van der Waals surface area contributed by atoms with Gasteiger partial charge in [0.05, 0.1) is 9.75 Å². The van der Waals surface area contributed by atoms with Gasteiger partial charge in [-0.2, -0.15) is 0 Å². The van der Waals surface area contributed by atoms with Crippen LogP contribution in [0.5, 0.6) is 0 Å². The zero-order chi connectivity index (χ0) is 14.5. The second-order valence-electron chi connectivity index (χ2n) is 5.23. The van der Waals surface area contributed by atoms with Crippen LogP contribution in [0.15, 0.2) is 12.1 Å². The van der Waals surface area contributed by atoms with E-state index in [0.29, 0.717) is 10.8 Å². The van der Waals surface area contributed by atoms with Crippen molar-refractivity contribution < 1.29 is 9.90 Å². The van der Waals surface area contributed by atoms with E-state index in [0.717, 1.165) is 24.4 Å². The molecule has 0 saturated carbocycles. The van der Waals surface area contributed by atoms with Crippen LogP contribution in [-0.4, -0.2) is 48.7 Å². The number of carbonyl (C=O) groups is 1. The second-order valence-corrected chi connectivity index (χ2v) is 6.32. The van der Waals surface area contributed by atoms with Crippen molar-refractivity contribution in [2.45, 2.75) is 19.4 Å². The number of aliphatic hydroxyl groups is 1. The lowest BCUT2D eigenvalue weighted by molar-refractivity contribution is 0.0888. The lowest BCUT2D eigenvalue weighted by Crippen LogP contribution is -2.48. The summed E-state index contributed by atoms with van der Waals surface area (Å²) < 4.78 is 0. The Balaban J connectivity index is 1.96. The van der Waals surface area contributed by atoms with Gasteiger partial charge in [0.25, 0.3) is 5.91 Å². The van der Waals surface area contributed by atoms with Crippen molar-refractivity contribution in [2.24, 2.45) is 5.92 Å². The number of hydrogen-bond acceptors (Lipinski definition) is 4. The third kappa shape index (κ3) is 3.83. The Labute approximate surface area is 123 Å². The number of carbonyl (C=O) groups excluding carboxylic acids is 1. The maximum Gasteiger partial charge on any atom is 0.261 e. The Kier molecular flexibility index (Phi) is 5.18. The van der Waals surface area contributed by atoms with Gasteiger partial charge < -0.3 is 15.3 Å². The Morgan fingerprint density at radius 2 is 2.40 bits per heavy atom. The lowest BCUT2D eigenvalue weighted by atomic mass is 9.94. The quantitative estimate of drug-likeness (QED) is 0.804. The summed E-state index contributed by atoms with van der Waals surface area (Å²) in [4.78, 5) is 16.0. The molecule has 2 atom stereocenters. The molecule has 0 bridgehead atoms. The van der Waals surface area contributed by atoms with Crippen molar-refractivity contribution in [1.29, 1.82) is 0 Å². The number of aliphatic hydroxyl groups excluding tert-OH is 1. The second kappa shape index (κ2) is 6.89. The Bertz CT molecular complexity index is 529. The molecule has 1 fully saturated rings. The summed E-state index contributed by atoms with van der Waals surface area (Å²) in [5.74, 6) is 5.85. The van der Waals surface area contributed by atoms with Crippen LogP contribution in [0, 0.1) is 17.8 Å². The molecule has 2 rings (SSSR count). The maximum atomic E-state index is 12.2. The van der Waals surface area contributed by atoms with E-state index in [1.807, 2.05) is 6.07 Å². The van der Waals surface area contributed by atoms with Crippen LogP contribution in [0.4, 0.5) is 0 Å². The third-order valence-corrected chi connectivity index (χ3v) is 4.54. The molecule has 0 aromatic carbocycles. The Morgan fingerprint density at radius 1 is 1.60 bits per heavy atom. The number of piperidine rings is 1. The minimum Gasteiger partial charge on any atom is -0.384 e. The molecule has 1 saturated heterocycles. The van der Waals surface area contributed by atoms with Gasteiger partial charge in [0, 0.05) is 12.6 Å². The normalized spacial score (nSPS) is 22.9. The molecule has 2 N–H and O–H groups in total. The molecule has 0 aliphatic carbocycles. The van der Waals surface area contributed by atoms with E-state index < -0.39 is 0 Å². The minimum absolute atomic E-state index is 0.0200. The molecular formula is C15H20N2O2S. The van der Waals surface area contributed by atoms with Crippen LogP contribution < -0.4 is 5.32 Å². The van der Waals surface area contributed by atoms with Gasteiger partial charge in [0.15, 0.2) is 0 Å². The first-order valence-electron chi connectivity index (χ1n) is 6.79. The molecular weight excluding hydrogens is 272 g/mol. The highest BCUT2D eigenvalue weighted by atomic mass is 32.1. The number of nitrogens with one attached hydrogen (secondary N) is 1. The zero-order valence-corrected chi connectivity index (χ0v) is 12.7. The van der Waals surface area contributed by atoms with E-state index in [2.05, 4.69) is 36.0 Å². The zero-order valence-electron chi connectivity index (χ0n) is 11.8. The van der Waals surface area contributed by atoms with Gasteiger partial charge >= 0.3 is 0 Å². The van der Waals surface area contributed by atoms with Crippen LogP contribution in [0.1, 0.15) is 27.9 Å². The maximum absolute atomic E-state index is 12.2. The van der Waals surface area contributed by atoms with Gasteiger partial charge in [-0.15, -0.1) is 11.3 Å². The van der Waals surface area contributed by atoms with Gasteiger partial charge in [0.2, 0.25) is 0 Å². The summed E-state index contributed by atoms with van der Waals surface area (Å²) in [6, 6.07) is 3.86. The number of rotatable bonds is 2. The molecule has 0 radical (unpaired) electrons. The van der Waals surface area contributed by atoms with Crippen LogP contribution in [-0.2, 0) is 0 Å². The van der Waals surface area contributed by atoms with Crippen molar-refractivity contribution in [3.8, 4) is 11.8 Å². The van der Waals surface area contributed by atoms with E-state index in [-0.39, 0.29) is 18.6 Å². The molecule has 4 nitrogen and oxygen atoms in total. The number of hydrogen-bond donors (Lipinski definition) is 2. The topological polar surface area (TPSA) is 52.6 Å². The molecule has 1 aromatic rings. The summed E-state index contributed by atoms with van der Waals surface area (Å²) in [6.07, 6.45) is 0.992. The molecule has 108 valence electrons. The predicted octanol–water partition coefficient (Wildman–Crippen LogP) is 1.16. The third-order valence-electron chi connectivity index (χ3n) is 3.55. The molecule has 1 aromatic heterocycles. The van der Waals surface area contributed by atoms with E-state index in [1.54, 1.807) is 6.07 Å². The minimum atomic E-state index is -0.160. The molecule has 5 heteroatoms. The average molecular weight is 292 g/mol. The standard InChI is InChI=1S/C15H20N2O2S/c1-11-10-17(2)8-7-13(11)16-15(19)14-6-5-12(20-14)4-3-9-18/h5-6,11,13,18H,7-10H2,1-2H3,(H,16,19). The molecule has 2 heterocycles. The summed E-state index contributed by atoms with van der Waals surface area (Å²) >= 11 is 1.36. The SMILES string of the molecule is CC1CN(C)CCC1NC(=O)c1ccc(C#CCO)s1. The van der Waals surface area contributed by atoms with E-state index in [1.165, 1.54) is 11.3 Å². The number of thiophene rings is 1. The highest BCUT2D eigenvalue weighted by Crippen LogP contribution is 2.19. The fourth-order valence-corrected chi connectivity index (χ4v) is 3.25. The van der Waals surface area contributed by atoms with E-state index >= 15 is 0 Å².